The molecule has 1 aromatic carbocycles. The summed E-state index contributed by atoms with van der Waals surface area (Å²) in [5, 5.41) is 0. The van der Waals surface area contributed by atoms with Crippen LogP contribution in [-0.4, -0.2) is 57.4 Å². The van der Waals surface area contributed by atoms with Crippen molar-refractivity contribution in [3.8, 4) is 17.2 Å². The largest absolute Gasteiger partial charge is 0.493 e. The fraction of sp³-hybridized carbons (Fsp3) is 0.611. The molecule has 0 radical (unpaired) electrons. The smallest absolute Gasteiger partial charge is 0.228 e. The van der Waals surface area contributed by atoms with E-state index in [2.05, 4.69) is 0 Å². The van der Waals surface area contributed by atoms with E-state index in [1.165, 1.54) is 0 Å². The first-order chi connectivity index (χ1) is 11.7. The highest BCUT2D eigenvalue weighted by Crippen LogP contribution is 2.38. The lowest BCUT2D eigenvalue weighted by atomic mass is 10.0. The van der Waals surface area contributed by atoms with Crippen LogP contribution in [0.2, 0.25) is 0 Å². The van der Waals surface area contributed by atoms with Gasteiger partial charge in [-0.25, -0.2) is 0 Å². The first-order valence-electron chi connectivity index (χ1n) is 8.47. The van der Waals surface area contributed by atoms with Crippen molar-refractivity contribution in [1.82, 2.24) is 4.90 Å². The Morgan fingerprint density at radius 1 is 1.12 bits per heavy atom. The molecule has 0 N–H and O–H groups in total. The molecular formula is C18H25NO5. The van der Waals surface area contributed by atoms with Crippen LogP contribution in [0, 0.1) is 5.92 Å². The molecule has 1 atom stereocenters. The Kier molecular flexibility index (Phi) is 5.45. The number of carbonyl (C=O) groups excluding carboxylic acids is 1. The number of amides is 1. The first-order valence-corrected chi connectivity index (χ1v) is 8.47. The Balaban J connectivity index is 1.58. The van der Waals surface area contributed by atoms with E-state index in [0.717, 1.165) is 32.4 Å². The van der Waals surface area contributed by atoms with Crippen molar-refractivity contribution in [3.63, 3.8) is 0 Å². The number of hydrogen-bond acceptors (Lipinski definition) is 5. The third-order valence-corrected chi connectivity index (χ3v) is 4.70. The number of rotatable bonds is 5. The lowest BCUT2D eigenvalue weighted by Gasteiger charge is -2.33. The molecule has 0 spiro atoms. The molecule has 6 nitrogen and oxygen atoms in total. The first kappa shape index (κ1) is 16.9. The standard InChI is InChI=1S/C18H25NO5/c1-21-15-4-3-5-16(22-2)17(15)24-14-6-9-19(10-7-14)18(20)13-8-11-23-12-13/h3-5,13-14H,6-12H2,1-2H3. The molecule has 2 heterocycles. The molecule has 2 aliphatic rings. The van der Waals surface area contributed by atoms with Gasteiger partial charge in [-0.3, -0.25) is 4.79 Å². The van der Waals surface area contributed by atoms with Gasteiger partial charge in [0.15, 0.2) is 11.5 Å². The third kappa shape index (κ3) is 3.59. The van der Waals surface area contributed by atoms with Crippen LogP contribution in [-0.2, 0) is 9.53 Å². The molecule has 2 aliphatic heterocycles. The Labute approximate surface area is 142 Å². The maximum Gasteiger partial charge on any atom is 0.228 e. The number of piperidine rings is 1. The van der Waals surface area contributed by atoms with Gasteiger partial charge in [-0.2, -0.15) is 0 Å². The second kappa shape index (κ2) is 7.75. The number of ether oxygens (including phenoxy) is 4. The molecular weight excluding hydrogens is 310 g/mol. The maximum atomic E-state index is 12.4. The monoisotopic (exact) mass is 335 g/mol. The van der Waals surface area contributed by atoms with Crippen molar-refractivity contribution in [2.75, 3.05) is 40.5 Å². The van der Waals surface area contributed by atoms with Crippen LogP contribution in [0.5, 0.6) is 17.2 Å². The topological polar surface area (TPSA) is 57.2 Å². The molecule has 132 valence electrons. The highest BCUT2D eigenvalue weighted by atomic mass is 16.5. The van der Waals surface area contributed by atoms with Gasteiger partial charge >= 0.3 is 0 Å². The molecule has 0 bridgehead atoms. The van der Waals surface area contributed by atoms with Crippen LogP contribution in [0.1, 0.15) is 19.3 Å². The van der Waals surface area contributed by atoms with Crippen LogP contribution in [0.15, 0.2) is 18.2 Å². The zero-order chi connectivity index (χ0) is 16.9. The van der Waals surface area contributed by atoms with Crippen molar-refractivity contribution in [2.24, 2.45) is 5.92 Å². The van der Waals surface area contributed by atoms with Crippen molar-refractivity contribution in [3.05, 3.63) is 18.2 Å². The molecule has 2 saturated heterocycles. The van der Waals surface area contributed by atoms with Gasteiger partial charge in [-0.15, -0.1) is 0 Å². The fourth-order valence-corrected chi connectivity index (χ4v) is 3.28. The predicted molar refractivity (Wildman–Crippen MR) is 88.7 cm³/mol. The van der Waals surface area contributed by atoms with Gasteiger partial charge in [0, 0.05) is 32.5 Å². The van der Waals surface area contributed by atoms with Gasteiger partial charge < -0.3 is 23.8 Å². The van der Waals surface area contributed by atoms with Crippen LogP contribution >= 0.6 is 0 Å². The van der Waals surface area contributed by atoms with Gasteiger partial charge in [0.2, 0.25) is 11.7 Å². The molecule has 0 saturated carbocycles. The SMILES string of the molecule is COc1cccc(OC)c1OC1CCN(C(=O)C2CCOC2)CC1. The van der Waals surface area contributed by atoms with Crippen molar-refractivity contribution in [2.45, 2.75) is 25.4 Å². The molecule has 3 rings (SSSR count). The Morgan fingerprint density at radius 3 is 2.33 bits per heavy atom. The van der Waals surface area contributed by atoms with Crippen LogP contribution in [0.3, 0.4) is 0 Å². The molecule has 0 aliphatic carbocycles. The minimum Gasteiger partial charge on any atom is -0.493 e. The summed E-state index contributed by atoms with van der Waals surface area (Å²) in [7, 11) is 3.24. The second-order valence-corrected chi connectivity index (χ2v) is 6.19. The van der Waals surface area contributed by atoms with Crippen molar-refractivity contribution in [1.29, 1.82) is 0 Å². The lowest BCUT2D eigenvalue weighted by Crippen LogP contribution is -2.44. The van der Waals surface area contributed by atoms with Gasteiger partial charge in [0.05, 0.1) is 26.7 Å². The highest BCUT2D eigenvalue weighted by molar-refractivity contribution is 5.79. The summed E-state index contributed by atoms with van der Waals surface area (Å²) >= 11 is 0. The summed E-state index contributed by atoms with van der Waals surface area (Å²) in [6, 6.07) is 5.59. The third-order valence-electron chi connectivity index (χ3n) is 4.70. The number of benzene rings is 1. The van der Waals surface area contributed by atoms with E-state index in [9.17, 15) is 4.79 Å². The minimum atomic E-state index is 0.0387. The number of para-hydroxylation sites is 1. The summed E-state index contributed by atoms with van der Waals surface area (Å²) in [5.41, 5.74) is 0. The van der Waals surface area contributed by atoms with E-state index in [1.807, 2.05) is 23.1 Å². The zero-order valence-electron chi connectivity index (χ0n) is 14.3. The van der Waals surface area contributed by atoms with E-state index in [1.54, 1.807) is 14.2 Å². The normalized spacial score (nSPS) is 21.6. The van der Waals surface area contributed by atoms with Gasteiger partial charge in [-0.05, 0) is 18.6 Å². The molecule has 24 heavy (non-hydrogen) atoms. The molecule has 1 aromatic rings. The average molecular weight is 335 g/mol. The highest BCUT2D eigenvalue weighted by Gasteiger charge is 2.31. The summed E-state index contributed by atoms with van der Waals surface area (Å²) < 4.78 is 22.2. The molecule has 0 aromatic heterocycles. The molecule has 1 amide bonds. The summed E-state index contributed by atoms with van der Waals surface area (Å²) in [6.45, 7) is 2.70. The van der Waals surface area contributed by atoms with Crippen LogP contribution in [0.4, 0.5) is 0 Å². The van der Waals surface area contributed by atoms with Crippen LogP contribution in [0.25, 0.3) is 0 Å². The van der Waals surface area contributed by atoms with Gasteiger partial charge in [-0.1, -0.05) is 6.07 Å². The second-order valence-electron chi connectivity index (χ2n) is 6.19. The number of hydrogen-bond donors (Lipinski definition) is 0. The Bertz CT molecular complexity index is 540. The molecule has 6 heteroatoms. The lowest BCUT2D eigenvalue weighted by molar-refractivity contribution is -0.137. The summed E-state index contributed by atoms with van der Waals surface area (Å²) in [5.74, 6) is 2.22. The van der Waals surface area contributed by atoms with Crippen molar-refractivity contribution >= 4 is 5.91 Å². The summed E-state index contributed by atoms with van der Waals surface area (Å²) in [4.78, 5) is 14.4. The number of nitrogens with zero attached hydrogens (tertiary/aromatic N) is 1. The maximum absolute atomic E-state index is 12.4. The van der Waals surface area contributed by atoms with Crippen molar-refractivity contribution < 1.29 is 23.7 Å². The van der Waals surface area contributed by atoms with E-state index < -0.39 is 0 Å². The zero-order valence-corrected chi connectivity index (χ0v) is 14.3. The number of carbonyl (C=O) groups is 1. The van der Waals surface area contributed by atoms with E-state index >= 15 is 0 Å². The summed E-state index contributed by atoms with van der Waals surface area (Å²) in [6.07, 6.45) is 2.51. The van der Waals surface area contributed by atoms with Gasteiger partial charge in [0.1, 0.15) is 6.10 Å². The number of methoxy groups -OCH3 is 2. The minimum absolute atomic E-state index is 0.0387. The van der Waals surface area contributed by atoms with E-state index in [-0.39, 0.29) is 17.9 Å². The fourth-order valence-electron chi connectivity index (χ4n) is 3.28. The Hall–Kier alpha value is -1.95. The van der Waals surface area contributed by atoms with Crippen LogP contribution < -0.4 is 14.2 Å². The molecule has 1 unspecified atom stereocenters. The Morgan fingerprint density at radius 2 is 1.79 bits per heavy atom. The van der Waals surface area contributed by atoms with E-state index in [0.29, 0.717) is 30.5 Å². The number of likely N-dealkylation sites (tertiary alicyclic amines) is 1. The molecule has 2 fully saturated rings. The average Bonchev–Trinajstić information content (AvgIpc) is 3.16. The van der Waals surface area contributed by atoms with E-state index in [4.69, 9.17) is 18.9 Å². The predicted octanol–water partition coefficient (Wildman–Crippen LogP) is 2.11. The van der Waals surface area contributed by atoms with Gasteiger partial charge in [0.25, 0.3) is 0 Å². The quantitative estimate of drug-likeness (QED) is 0.825.